The van der Waals surface area contributed by atoms with Gasteiger partial charge in [-0.05, 0) is 17.7 Å². The smallest absolute Gasteiger partial charge is 0.146 e. The molecule has 0 saturated carbocycles. The van der Waals surface area contributed by atoms with E-state index in [0.717, 1.165) is 13.1 Å². The first-order valence-electron chi connectivity index (χ1n) is 8.08. The maximum Gasteiger partial charge on any atom is 0.146 e. The van der Waals surface area contributed by atoms with Crippen LogP contribution >= 0.6 is 0 Å². The van der Waals surface area contributed by atoms with Crippen molar-refractivity contribution in [1.82, 2.24) is 4.90 Å². The van der Waals surface area contributed by atoms with E-state index in [1.165, 1.54) is 11.1 Å². The van der Waals surface area contributed by atoms with Gasteiger partial charge < -0.3 is 0 Å². The lowest BCUT2D eigenvalue weighted by molar-refractivity contribution is -0.119. The van der Waals surface area contributed by atoms with Crippen molar-refractivity contribution in [3.05, 3.63) is 71.8 Å². The van der Waals surface area contributed by atoms with Crippen molar-refractivity contribution < 1.29 is 4.79 Å². The molecule has 0 saturated heterocycles. The van der Waals surface area contributed by atoms with E-state index in [1.807, 2.05) is 19.1 Å². The number of Topliss-reactive ketones (excluding diaryl/α,β-unsaturated/α-hetero) is 1. The Morgan fingerprint density at radius 1 is 0.909 bits per heavy atom. The molecule has 0 heterocycles. The molecule has 2 aromatic rings. The number of hydrogen-bond acceptors (Lipinski definition) is 2. The monoisotopic (exact) mass is 295 g/mol. The van der Waals surface area contributed by atoms with Gasteiger partial charge in [-0.25, -0.2) is 0 Å². The maximum atomic E-state index is 11.8. The van der Waals surface area contributed by atoms with Gasteiger partial charge in [-0.3, -0.25) is 9.69 Å². The number of carbonyl (C=O) groups excluding carboxylic acids is 1. The van der Waals surface area contributed by atoms with Crippen LogP contribution < -0.4 is 0 Å². The van der Waals surface area contributed by atoms with E-state index >= 15 is 0 Å². The third-order valence-corrected chi connectivity index (χ3v) is 4.09. The summed E-state index contributed by atoms with van der Waals surface area (Å²) in [6, 6.07) is 21.1. The van der Waals surface area contributed by atoms with E-state index in [4.69, 9.17) is 0 Å². The fraction of sp³-hybridized carbons (Fsp3) is 0.350. The summed E-state index contributed by atoms with van der Waals surface area (Å²) in [6.07, 6.45) is 0.609. The van der Waals surface area contributed by atoms with Crippen LogP contribution in [-0.4, -0.2) is 30.3 Å². The molecule has 0 amide bonds. The van der Waals surface area contributed by atoms with Crippen molar-refractivity contribution in [2.45, 2.75) is 26.2 Å². The van der Waals surface area contributed by atoms with Crippen molar-refractivity contribution in [1.29, 1.82) is 0 Å². The zero-order valence-electron chi connectivity index (χ0n) is 13.5. The molecule has 0 atom stereocenters. The van der Waals surface area contributed by atoms with Gasteiger partial charge in [-0.15, -0.1) is 0 Å². The minimum absolute atomic E-state index is 0.298. The lowest BCUT2D eigenvalue weighted by Crippen LogP contribution is -2.33. The van der Waals surface area contributed by atoms with Crippen molar-refractivity contribution >= 4 is 5.78 Å². The Labute approximate surface area is 133 Å². The van der Waals surface area contributed by atoms with Crippen LogP contribution in [0.2, 0.25) is 0 Å². The number of nitrogens with zero attached hydrogens (tertiary/aromatic N) is 1. The number of benzene rings is 2. The third-order valence-electron chi connectivity index (χ3n) is 4.09. The Bertz CT molecular complexity index is 525. The first kappa shape index (κ1) is 16.4. The van der Waals surface area contributed by atoms with E-state index in [0.29, 0.717) is 24.7 Å². The molecule has 2 aromatic carbocycles. The Morgan fingerprint density at radius 3 is 1.82 bits per heavy atom. The van der Waals surface area contributed by atoms with Crippen LogP contribution in [0.15, 0.2) is 60.7 Å². The summed E-state index contributed by atoms with van der Waals surface area (Å²) in [5.74, 6) is 0.605. The van der Waals surface area contributed by atoms with Crippen LogP contribution in [0.25, 0.3) is 0 Å². The van der Waals surface area contributed by atoms with Gasteiger partial charge in [0.25, 0.3) is 0 Å². The molecule has 0 aromatic heterocycles. The quantitative estimate of drug-likeness (QED) is 0.730. The summed E-state index contributed by atoms with van der Waals surface area (Å²) >= 11 is 0. The normalized spacial score (nSPS) is 11.1. The summed E-state index contributed by atoms with van der Waals surface area (Å²) in [5.41, 5.74) is 2.60. The number of ketones is 1. The molecule has 0 aliphatic rings. The minimum atomic E-state index is 0.298. The fourth-order valence-corrected chi connectivity index (χ4v) is 2.70. The highest BCUT2D eigenvalue weighted by Crippen LogP contribution is 2.25. The van der Waals surface area contributed by atoms with Crippen molar-refractivity contribution in [2.24, 2.45) is 0 Å². The predicted octanol–water partition coefficient (Wildman–Crippen LogP) is 4.12. The maximum absolute atomic E-state index is 11.8. The van der Waals surface area contributed by atoms with Crippen molar-refractivity contribution in [3.63, 3.8) is 0 Å². The largest absolute Gasteiger partial charge is 0.298 e. The van der Waals surface area contributed by atoms with E-state index < -0.39 is 0 Å². The first-order valence-corrected chi connectivity index (χ1v) is 8.08. The third kappa shape index (κ3) is 4.54. The molecule has 22 heavy (non-hydrogen) atoms. The summed E-state index contributed by atoms with van der Waals surface area (Å²) < 4.78 is 0. The van der Waals surface area contributed by atoms with Crippen LogP contribution in [0.1, 0.15) is 37.3 Å². The van der Waals surface area contributed by atoms with Gasteiger partial charge in [0, 0.05) is 18.9 Å². The summed E-state index contributed by atoms with van der Waals surface area (Å²) in [4.78, 5) is 14.0. The molecule has 0 fully saturated rings. The van der Waals surface area contributed by atoms with Gasteiger partial charge in [-0.2, -0.15) is 0 Å². The predicted molar refractivity (Wildman–Crippen MR) is 92.1 cm³/mol. The minimum Gasteiger partial charge on any atom is -0.298 e. The number of hydrogen-bond donors (Lipinski definition) is 0. The van der Waals surface area contributed by atoms with Gasteiger partial charge in [0.2, 0.25) is 0 Å². The highest BCUT2D eigenvalue weighted by atomic mass is 16.1. The second-order valence-corrected chi connectivity index (χ2v) is 5.59. The molecule has 0 radical (unpaired) electrons. The average molecular weight is 295 g/mol. The molecule has 2 heteroatoms. The lowest BCUT2D eigenvalue weighted by atomic mass is 9.90. The molecule has 0 unspecified atom stereocenters. The van der Waals surface area contributed by atoms with E-state index in [9.17, 15) is 4.79 Å². The van der Waals surface area contributed by atoms with Crippen LogP contribution in [-0.2, 0) is 4.79 Å². The van der Waals surface area contributed by atoms with Gasteiger partial charge >= 0.3 is 0 Å². The zero-order valence-corrected chi connectivity index (χ0v) is 13.5. The molecular formula is C20H25NO. The number of rotatable bonds is 8. The SMILES string of the molecule is CCC(=O)CN(CC)CC(c1ccccc1)c1ccccc1. The van der Waals surface area contributed by atoms with Crippen molar-refractivity contribution in [3.8, 4) is 0 Å². The topological polar surface area (TPSA) is 20.3 Å². The van der Waals surface area contributed by atoms with Gasteiger partial charge in [0.1, 0.15) is 5.78 Å². The average Bonchev–Trinajstić information content (AvgIpc) is 2.59. The first-order chi connectivity index (χ1) is 10.7. The molecule has 0 bridgehead atoms. The number of likely N-dealkylation sites (N-methyl/N-ethyl adjacent to an activating group) is 1. The Kier molecular flexibility index (Phi) is 6.35. The van der Waals surface area contributed by atoms with Gasteiger partial charge in [0.15, 0.2) is 0 Å². The van der Waals surface area contributed by atoms with Crippen LogP contribution in [0, 0.1) is 0 Å². The van der Waals surface area contributed by atoms with Crippen molar-refractivity contribution in [2.75, 3.05) is 19.6 Å². The van der Waals surface area contributed by atoms with Crippen LogP contribution in [0.5, 0.6) is 0 Å². The molecule has 0 N–H and O–H groups in total. The second-order valence-electron chi connectivity index (χ2n) is 5.59. The van der Waals surface area contributed by atoms with E-state index in [2.05, 4.69) is 60.4 Å². The molecule has 0 aliphatic carbocycles. The number of carbonyl (C=O) groups is 1. The van der Waals surface area contributed by atoms with Gasteiger partial charge in [0.05, 0.1) is 6.54 Å². The molecule has 2 rings (SSSR count). The van der Waals surface area contributed by atoms with Gasteiger partial charge in [-0.1, -0.05) is 74.5 Å². The molecule has 2 nitrogen and oxygen atoms in total. The molecular weight excluding hydrogens is 270 g/mol. The van der Waals surface area contributed by atoms with E-state index in [1.54, 1.807) is 0 Å². The Balaban J connectivity index is 2.23. The summed E-state index contributed by atoms with van der Waals surface area (Å²) in [5, 5.41) is 0. The van der Waals surface area contributed by atoms with Crippen LogP contribution in [0.4, 0.5) is 0 Å². The summed E-state index contributed by atoms with van der Waals surface area (Å²) in [6.45, 7) is 6.36. The second kappa shape index (κ2) is 8.50. The Hall–Kier alpha value is -1.93. The molecule has 0 spiro atoms. The lowest BCUT2D eigenvalue weighted by Gasteiger charge is -2.26. The van der Waals surface area contributed by atoms with E-state index in [-0.39, 0.29) is 0 Å². The standard InChI is InChI=1S/C20H25NO/c1-3-19(22)15-21(4-2)16-20(17-11-7-5-8-12-17)18-13-9-6-10-14-18/h5-14,20H,3-4,15-16H2,1-2H3. The fourth-order valence-electron chi connectivity index (χ4n) is 2.70. The zero-order chi connectivity index (χ0) is 15.8. The Morgan fingerprint density at radius 2 is 1.41 bits per heavy atom. The van der Waals surface area contributed by atoms with Crippen LogP contribution in [0.3, 0.4) is 0 Å². The highest BCUT2D eigenvalue weighted by Gasteiger charge is 2.18. The highest BCUT2D eigenvalue weighted by molar-refractivity contribution is 5.80. The summed E-state index contributed by atoms with van der Waals surface area (Å²) in [7, 11) is 0. The molecule has 0 aliphatic heterocycles. The molecule has 116 valence electrons.